The topological polar surface area (TPSA) is 108 Å². The maximum atomic E-state index is 14.4. The minimum atomic E-state index is -1.00. The molecule has 0 heterocycles. The van der Waals surface area contributed by atoms with Gasteiger partial charge < -0.3 is 25.4 Å². The number of hydrogen-bond acceptors (Lipinski definition) is 5. The number of carbonyl (C=O) groups is 3. The van der Waals surface area contributed by atoms with Crippen molar-refractivity contribution in [3.63, 3.8) is 0 Å². The number of rotatable bonds is 13. The van der Waals surface area contributed by atoms with E-state index < -0.39 is 29.3 Å². The van der Waals surface area contributed by atoms with Gasteiger partial charge >= 0.3 is 6.09 Å². The highest BCUT2D eigenvalue weighted by Crippen LogP contribution is 2.25. The third-order valence-electron chi connectivity index (χ3n) is 6.32. The third-order valence-corrected chi connectivity index (χ3v) is 6.32. The lowest BCUT2D eigenvalue weighted by atomic mass is 9.98. The van der Waals surface area contributed by atoms with Gasteiger partial charge in [-0.2, -0.15) is 0 Å². The van der Waals surface area contributed by atoms with Crippen LogP contribution in [0.4, 0.5) is 4.79 Å². The van der Waals surface area contributed by atoms with Crippen molar-refractivity contribution in [3.8, 4) is 5.75 Å². The van der Waals surface area contributed by atoms with E-state index in [1.807, 2.05) is 51.1 Å². The molecule has 0 aromatic heterocycles. The molecule has 2 aromatic carbocycles. The van der Waals surface area contributed by atoms with Crippen LogP contribution in [0.25, 0.3) is 0 Å². The number of carbonyl (C=O) groups excluding carboxylic acids is 3. The molecule has 0 aliphatic carbocycles. The van der Waals surface area contributed by atoms with Crippen molar-refractivity contribution in [1.29, 1.82) is 0 Å². The zero-order valence-corrected chi connectivity index (χ0v) is 25.8. The van der Waals surface area contributed by atoms with Crippen molar-refractivity contribution in [3.05, 3.63) is 65.7 Å². The van der Waals surface area contributed by atoms with Gasteiger partial charge in [0.25, 0.3) is 0 Å². The molecule has 0 spiro atoms. The van der Waals surface area contributed by atoms with E-state index in [-0.39, 0.29) is 24.0 Å². The third kappa shape index (κ3) is 12.2. The summed E-state index contributed by atoms with van der Waals surface area (Å²) in [6.45, 7) is 13.5. The van der Waals surface area contributed by atoms with E-state index in [9.17, 15) is 19.5 Å². The number of nitrogens with zero attached hydrogens (tertiary/aromatic N) is 1. The highest BCUT2D eigenvalue weighted by atomic mass is 16.6. The first kappa shape index (κ1) is 33.7. The zero-order valence-electron chi connectivity index (χ0n) is 25.8. The summed E-state index contributed by atoms with van der Waals surface area (Å²) in [6, 6.07) is 13.9. The molecular formula is C33H49N3O5. The van der Waals surface area contributed by atoms with Crippen LogP contribution in [0.3, 0.4) is 0 Å². The summed E-state index contributed by atoms with van der Waals surface area (Å²) in [6.07, 6.45) is 4.32. The van der Waals surface area contributed by atoms with E-state index in [0.29, 0.717) is 12.1 Å². The number of amides is 3. The monoisotopic (exact) mass is 567 g/mol. The second kappa shape index (κ2) is 15.5. The molecule has 0 radical (unpaired) electrons. The molecule has 0 saturated carbocycles. The molecule has 8 nitrogen and oxygen atoms in total. The Kier molecular flexibility index (Phi) is 12.7. The lowest BCUT2D eigenvalue weighted by molar-refractivity contribution is -0.143. The Morgan fingerprint density at radius 2 is 1.49 bits per heavy atom. The molecule has 2 atom stereocenters. The number of hydrogen-bond donors (Lipinski definition) is 3. The number of phenolic OH excluding ortho intramolecular Hbond substituents is 1. The Morgan fingerprint density at radius 3 is 2.05 bits per heavy atom. The van der Waals surface area contributed by atoms with Crippen LogP contribution in [-0.2, 0) is 20.7 Å². The first-order valence-corrected chi connectivity index (χ1v) is 14.6. The van der Waals surface area contributed by atoms with Gasteiger partial charge in [0.05, 0.1) is 0 Å². The molecule has 0 saturated heterocycles. The molecule has 0 aliphatic heterocycles. The van der Waals surface area contributed by atoms with Crippen molar-refractivity contribution in [1.82, 2.24) is 15.5 Å². The fourth-order valence-electron chi connectivity index (χ4n) is 4.52. The van der Waals surface area contributed by atoms with Crippen LogP contribution < -0.4 is 10.6 Å². The van der Waals surface area contributed by atoms with E-state index in [1.165, 1.54) is 0 Å². The normalized spacial score (nSPS) is 13.1. The standard InChI is InChI=1S/C33H49N3O5/c1-8-9-10-11-15-22-36(28(25-16-13-12-14-17-25)29(38)35-32(2,3)4)30(39)27(34-31(40)41-33(5,6)7)23-24-18-20-26(37)21-19-24/h12-14,16-21,27-28,37H,8-11,15,22-23H2,1-7H3,(H,34,40)(H,35,38). The summed E-state index contributed by atoms with van der Waals surface area (Å²) >= 11 is 0. The molecular weight excluding hydrogens is 518 g/mol. The lowest BCUT2D eigenvalue weighted by Gasteiger charge is -2.36. The SMILES string of the molecule is CCCCCCCN(C(=O)C(Cc1ccc(O)cc1)NC(=O)OC(C)(C)C)C(C(=O)NC(C)(C)C)c1ccccc1. The Labute approximate surface area is 245 Å². The van der Waals surface area contributed by atoms with E-state index in [2.05, 4.69) is 17.6 Å². The molecule has 3 N–H and O–H groups in total. The number of nitrogens with one attached hydrogen (secondary N) is 2. The van der Waals surface area contributed by atoms with Crippen LogP contribution in [0.5, 0.6) is 5.75 Å². The molecule has 2 aromatic rings. The van der Waals surface area contributed by atoms with Gasteiger partial charge in [-0.1, -0.05) is 75.1 Å². The van der Waals surface area contributed by atoms with Crippen LogP contribution in [0.1, 0.15) is 97.7 Å². The van der Waals surface area contributed by atoms with E-state index in [0.717, 1.165) is 37.7 Å². The van der Waals surface area contributed by atoms with Crippen LogP contribution >= 0.6 is 0 Å². The highest BCUT2D eigenvalue weighted by molar-refractivity contribution is 5.92. The van der Waals surface area contributed by atoms with Crippen LogP contribution in [0, 0.1) is 0 Å². The molecule has 226 valence electrons. The molecule has 41 heavy (non-hydrogen) atoms. The second-order valence-electron chi connectivity index (χ2n) is 12.6. The molecule has 3 amide bonds. The first-order valence-electron chi connectivity index (χ1n) is 14.6. The summed E-state index contributed by atoms with van der Waals surface area (Å²) in [5.74, 6) is -0.558. The predicted molar refractivity (Wildman–Crippen MR) is 163 cm³/mol. The van der Waals surface area contributed by atoms with E-state index in [4.69, 9.17) is 4.74 Å². The van der Waals surface area contributed by atoms with Gasteiger partial charge in [0.2, 0.25) is 11.8 Å². The van der Waals surface area contributed by atoms with Crippen LogP contribution in [0.2, 0.25) is 0 Å². The molecule has 0 fully saturated rings. The number of ether oxygens (including phenoxy) is 1. The molecule has 0 bridgehead atoms. The zero-order chi connectivity index (χ0) is 30.6. The van der Waals surface area contributed by atoms with Crippen molar-refractivity contribution in [2.75, 3.05) is 6.54 Å². The maximum absolute atomic E-state index is 14.4. The quantitative estimate of drug-likeness (QED) is 0.247. The van der Waals surface area contributed by atoms with Gasteiger partial charge in [-0.25, -0.2) is 4.79 Å². The minimum Gasteiger partial charge on any atom is -0.508 e. The van der Waals surface area contributed by atoms with Gasteiger partial charge in [-0.3, -0.25) is 9.59 Å². The Hall–Kier alpha value is -3.55. The summed E-state index contributed by atoms with van der Waals surface area (Å²) in [7, 11) is 0. The first-order chi connectivity index (χ1) is 19.2. The Morgan fingerprint density at radius 1 is 0.878 bits per heavy atom. The second-order valence-corrected chi connectivity index (χ2v) is 12.6. The summed E-state index contributed by atoms with van der Waals surface area (Å²) in [4.78, 5) is 42.8. The molecule has 8 heteroatoms. The van der Waals surface area contributed by atoms with Gasteiger partial charge in [0, 0.05) is 18.5 Å². The number of alkyl carbamates (subject to hydrolysis) is 1. The highest BCUT2D eigenvalue weighted by Gasteiger charge is 2.37. The van der Waals surface area contributed by atoms with E-state index in [1.54, 1.807) is 49.9 Å². The fourth-order valence-corrected chi connectivity index (χ4v) is 4.52. The van der Waals surface area contributed by atoms with Crippen LogP contribution in [0.15, 0.2) is 54.6 Å². The average molecular weight is 568 g/mol. The molecule has 2 unspecified atom stereocenters. The van der Waals surface area contributed by atoms with Crippen molar-refractivity contribution >= 4 is 17.9 Å². The van der Waals surface area contributed by atoms with E-state index >= 15 is 0 Å². The lowest BCUT2D eigenvalue weighted by Crippen LogP contribution is -2.55. The largest absolute Gasteiger partial charge is 0.508 e. The van der Waals surface area contributed by atoms with Crippen LogP contribution in [-0.4, -0.2) is 51.6 Å². The average Bonchev–Trinajstić information content (AvgIpc) is 2.86. The number of unbranched alkanes of at least 4 members (excludes halogenated alkanes) is 4. The van der Waals surface area contributed by atoms with Gasteiger partial charge in [-0.15, -0.1) is 0 Å². The minimum absolute atomic E-state index is 0.105. The van der Waals surface area contributed by atoms with Crippen molar-refractivity contribution < 1.29 is 24.2 Å². The van der Waals surface area contributed by atoms with Gasteiger partial charge in [0.1, 0.15) is 23.4 Å². The number of benzene rings is 2. The van der Waals surface area contributed by atoms with Crippen molar-refractivity contribution in [2.45, 2.75) is 110 Å². The van der Waals surface area contributed by atoms with Gasteiger partial charge in [0.15, 0.2) is 0 Å². The van der Waals surface area contributed by atoms with Gasteiger partial charge in [-0.05, 0) is 71.2 Å². The van der Waals surface area contributed by atoms with Crippen molar-refractivity contribution in [2.24, 2.45) is 0 Å². The number of aromatic hydroxyl groups is 1. The maximum Gasteiger partial charge on any atom is 0.408 e. The smallest absolute Gasteiger partial charge is 0.408 e. The fraction of sp³-hybridized carbons (Fsp3) is 0.545. The predicted octanol–water partition coefficient (Wildman–Crippen LogP) is 6.28. The number of phenols is 1. The molecule has 0 aliphatic rings. The summed E-state index contributed by atoms with van der Waals surface area (Å²) in [5, 5.41) is 15.6. The molecule has 2 rings (SSSR count). The summed E-state index contributed by atoms with van der Waals surface area (Å²) < 4.78 is 5.50. The Balaban J connectivity index is 2.53. The Bertz CT molecular complexity index is 1100. The summed E-state index contributed by atoms with van der Waals surface area (Å²) in [5.41, 5.74) is 0.168.